The van der Waals surface area contributed by atoms with Gasteiger partial charge in [0.25, 0.3) is 0 Å². The van der Waals surface area contributed by atoms with Gasteiger partial charge in [0.1, 0.15) is 0 Å². The molecule has 0 aromatic heterocycles. The van der Waals surface area contributed by atoms with Gasteiger partial charge in [-0.25, -0.2) is 4.79 Å². The Kier molecular flexibility index (Phi) is 5.72. The van der Waals surface area contributed by atoms with Gasteiger partial charge in [-0.1, -0.05) is 18.2 Å². The summed E-state index contributed by atoms with van der Waals surface area (Å²) in [4.78, 5) is 11.7. The Bertz CT molecular complexity index is 564. The number of halogens is 6. The molecule has 24 heavy (non-hydrogen) atoms. The molecule has 0 heterocycles. The third kappa shape index (κ3) is 3.90. The Balaban J connectivity index is 3.13. The SMILES string of the molecule is CC(NC(=O)Nc1c(CO)cccc1CO)(C(F)(F)F)C(F)(F)F. The molecule has 0 fully saturated rings. The Morgan fingerprint density at radius 1 is 1.00 bits per heavy atom. The lowest BCUT2D eigenvalue weighted by atomic mass is 10.0. The summed E-state index contributed by atoms with van der Waals surface area (Å²) in [5.41, 5.74) is -4.72. The number of nitrogens with one attached hydrogen (secondary N) is 2. The average molecular weight is 360 g/mol. The van der Waals surface area contributed by atoms with E-state index in [9.17, 15) is 31.1 Å². The third-order valence-corrected chi connectivity index (χ3v) is 3.31. The molecular weight excluding hydrogens is 346 g/mol. The summed E-state index contributed by atoms with van der Waals surface area (Å²) in [6.07, 6.45) is -11.6. The van der Waals surface area contributed by atoms with Crippen LogP contribution in [-0.4, -0.2) is 34.1 Å². The average Bonchev–Trinajstić information content (AvgIpc) is 2.44. The summed E-state index contributed by atoms with van der Waals surface area (Å²) >= 11 is 0. The molecule has 11 heteroatoms. The number of rotatable bonds is 4. The van der Waals surface area contributed by atoms with Gasteiger partial charge in [0, 0.05) is 11.1 Å². The first kappa shape index (κ1) is 20.0. The van der Waals surface area contributed by atoms with Crippen molar-refractivity contribution in [1.29, 1.82) is 0 Å². The van der Waals surface area contributed by atoms with Crippen molar-refractivity contribution in [3.8, 4) is 0 Å². The van der Waals surface area contributed by atoms with Crippen molar-refractivity contribution < 1.29 is 41.4 Å². The fraction of sp³-hybridized carbons (Fsp3) is 0.462. The Hall–Kier alpha value is -2.01. The lowest BCUT2D eigenvalue weighted by Gasteiger charge is -2.34. The second-order valence-electron chi connectivity index (χ2n) is 4.97. The van der Waals surface area contributed by atoms with E-state index in [1.165, 1.54) is 18.2 Å². The minimum Gasteiger partial charge on any atom is -0.392 e. The molecule has 0 saturated carbocycles. The van der Waals surface area contributed by atoms with E-state index in [0.717, 1.165) is 5.32 Å². The van der Waals surface area contributed by atoms with Gasteiger partial charge in [0.05, 0.1) is 18.9 Å². The van der Waals surface area contributed by atoms with Crippen LogP contribution in [0.15, 0.2) is 18.2 Å². The lowest BCUT2D eigenvalue weighted by Crippen LogP contribution is -2.66. The van der Waals surface area contributed by atoms with Crippen LogP contribution in [0.25, 0.3) is 0 Å². The number of carbonyl (C=O) groups is 1. The summed E-state index contributed by atoms with van der Waals surface area (Å²) in [5.74, 6) is 0. The van der Waals surface area contributed by atoms with Crippen molar-refractivity contribution in [2.45, 2.75) is 38.0 Å². The fourth-order valence-electron chi connectivity index (χ4n) is 1.75. The van der Waals surface area contributed by atoms with Crippen molar-refractivity contribution in [3.63, 3.8) is 0 Å². The van der Waals surface area contributed by atoms with E-state index in [1.54, 1.807) is 0 Å². The zero-order valence-electron chi connectivity index (χ0n) is 12.2. The van der Waals surface area contributed by atoms with Crippen molar-refractivity contribution in [2.24, 2.45) is 0 Å². The van der Waals surface area contributed by atoms with Gasteiger partial charge in [-0.05, 0) is 6.92 Å². The molecule has 0 saturated heterocycles. The summed E-state index contributed by atoms with van der Waals surface area (Å²) in [7, 11) is 0. The molecule has 0 atom stereocenters. The number of para-hydroxylation sites is 1. The number of benzene rings is 1. The molecule has 0 aliphatic carbocycles. The number of aliphatic hydroxyl groups is 2. The first-order valence-electron chi connectivity index (χ1n) is 6.42. The van der Waals surface area contributed by atoms with Crippen LogP contribution >= 0.6 is 0 Å². The second kappa shape index (κ2) is 6.85. The van der Waals surface area contributed by atoms with Gasteiger partial charge in [-0.3, -0.25) is 0 Å². The highest BCUT2D eigenvalue weighted by atomic mass is 19.4. The quantitative estimate of drug-likeness (QED) is 0.623. The summed E-state index contributed by atoms with van der Waals surface area (Å²) in [6.45, 7) is -1.52. The van der Waals surface area contributed by atoms with E-state index in [4.69, 9.17) is 10.2 Å². The van der Waals surface area contributed by atoms with Gasteiger partial charge >= 0.3 is 18.4 Å². The topological polar surface area (TPSA) is 81.6 Å². The largest absolute Gasteiger partial charge is 0.420 e. The number of carbonyl (C=O) groups excluding carboxylic acids is 1. The van der Waals surface area contributed by atoms with Crippen LogP contribution in [0.5, 0.6) is 0 Å². The smallest absolute Gasteiger partial charge is 0.392 e. The predicted molar refractivity (Wildman–Crippen MR) is 71.0 cm³/mol. The van der Waals surface area contributed by atoms with E-state index in [2.05, 4.69) is 0 Å². The Morgan fingerprint density at radius 3 is 1.75 bits per heavy atom. The predicted octanol–water partition coefficient (Wildman–Crippen LogP) is 2.68. The van der Waals surface area contributed by atoms with E-state index in [0.29, 0.717) is 0 Å². The zero-order chi connectivity index (χ0) is 18.8. The van der Waals surface area contributed by atoms with Crippen LogP contribution in [0.3, 0.4) is 0 Å². The maximum atomic E-state index is 12.7. The standard InChI is InChI=1S/C13H14F6N2O3/c1-11(12(14,15)16,13(17,18)19)21-10(24)20-9-7(5-22)3-2-4-8(9)6-23/h2-4,22-23H,5-6H2,1H3,(H2,20,21,24). The van der Waals surface area contributed by atoms with E-state index < -0.39 is 37.1 Å². The van der Waals surface area contributed by atoms with Crippen LogP contribution < -0.4 is 10.6 Å². The number of hydrogen-bond donors (Lipinski definition) is 4. The third-order valence-electron chi connectivity index (χ3n) is 3.31. The van der Waals surface area contributed by atoms with Crippen LogP contribution in [0, 0.1) is 0 Å². The number of aliphatic hydroxyl groups excluding tert-OH is 2. The van der Waals surface area contributed by atoms with Crippen molar-refractivity contribution in [2.75, 3.05) is 5.32 Å². The maximum absolute atomic E-state index is 12.7. The molecular formula is C13H14F6N2O3. The Morgan fingerprint density at radius 2 is 1.42 bits per heavy atom. The molecule has 1 aromatic rings. The zero-order valence-corrected chi connectivity index (χ0v) is 12.2. The highest BCUT2D eigenvalue weighted by Crippen LogP contribution is 2.42. The molecule has 1 rings (SSSR count). The summed E-state index contributed by atoms with van der Waals surface area (Å²) in [5, 5.41) is 20.9. The number of anilines is 1. The molecule has 5 nitrogen and oxygen atoms in total. The molecule has 136 valence electrons. The monoisotopic (exact) mass is 360 g/mol. The minimum atomic E-state index is -5.79. The van der Waals surface area contributed by atoms with E-state index >= 15 is 0 Å². The molecule has 0 spiro atoms. The maximum Gasteiger partial charge on any atom is 0.420 e. The normalized spacial score (nSPS) is 12.9. The van der Waals surface area contributed by atoms with Gasteiger partial charge in [-0.15, -0.1) is 0 Å². The van der Waals surface area contributed by atoms with Crippen LogP contribution in [-0.2, 0) is 13.2 Å². The van der Waals surface area contributed by atoms with Gasteiger partial charge in [-0.2, -0.15) is 26.3 Å². The molecule has 4 N–H and O–H groups in total. The lowest BCUT2D eigenvalue weighted by molar-refractivity contribution is -0.297. The number of amides is 2. The molecule has 0 unspecified atom stereocenters. The molecule has 0 radical (unpaired) electrons. The second-order valence-corrected chi connectivity index (χ2v) is 4.97. The number of alkyl halides is 6. The van der Waals surface area contributed by atoms with Crippen LogP contribution in [0.1, 0.15) is 18.1 Å². The molecule has 0 bridgehead atoms. The van der Waals surface area contributed by atoms with Gasteiger partial charge < -0.3 is 20.8 Å². The van der Waals surface area contributed by atoms with Crippen LogP contribution in [0.4, 0.5) is 36.8 Å². The summed E-state index contributed by atoms with van der Waals surface area (Å²) in [6, 6.07) is 2.15. The molecule has 0 aliphatic rings. The molecule has 1 aromatic carbocycles. The molecule has 2 amide bonds. The molecule has 0 aliphatic heterocycles. The van der Waals surface area contributed by atoms with Crippen molar-refractivity contribution in [3.05, 3.63) is 29.3 Å². The summed E-state index contributed by atoms with van der Waals surface area (Å²) < 4.78 is 76.5. The van der Waals surface area contributed by atoms with Gasteiger partial charge in [0.15, 0.2) is 0 Å². The first-order valence-corrected chi connectivity index (χ1v) is 6.42. The van der Waals surface area contributed by atoms with E-state index in [-0.39, 0.29) is 23.7 Å². The highest BCUT2D eigenvalue weighted by molar-refractivity contribution is 5.91. The van der Waals surface area contributed by atoms with Crippen molar-refractivity contribution in [1.82, 2.24) is 5.32 Å². The van der Waals surface area contributed by atoms with Crippen LogP contribution in [0.2, 0.25) is 0 Å². The number of hydrogen-bond acceptors (Lipinski definition) is 3. The number of urea groups is 1. The highest BCUT2D eigenvalue weighted by Gasteiger charge is 2.68. The van der Waals surface area contributed by atoms with Crippen molar-refractivity contribution >= 4 is 11.7 Å². The van der Waals surface area contributed by atoms with E-state index in [1.807, 2.05) is 5.32 Å². The van der Waals surface area contributed by atoms with Gasteiger partial charge in [0.2, 0.25) is 5.54 Å². The fourth-order valence-corrected chi connectivity index (χ4v) is 1.75. The minimum absolute atomic E-state index is 0.0115. The first-order chi connectivity index (χ1) is 10.9. The Labute approximate surface area is 132 Å².